The quantitative estimate of drug-likeness (QED) is 0.338. The second-order valence-corrected chi connectivity index (χ2v) is 6.94. The number of halogens is 6. The van der Waals surface area contributed by atoms with Crippen molar-refractivity contribution in [2.45, 2.75) is 6.18 Å². The summed E-state index contributed by atoms with van der Waals surface area (Å²) in [7, 11) is 0. The number of fused-ring (bicyclic) bond motifs is 1. The van der Waals surface area contributed by atoms with Crippen LogP contribution in [0, 0.1) is 5.82 Å². The third kappa shape index (κ3) is 3.71. The van der Waals surface area contributed by atoms with E-state index < -0.39 is 17.6 Å². The zero-order valence-corrected chi connectivity index (χ0v) is 16.2. The lowest BCUT2D eigenvalue weighted by atomic mass is 10.2. The summed E-state index contributed by atoms with van der Waals surface area (Å²) in [6, 6.07) is 7.23. The summed E-state index contributed by atoms with van der Waals surface area (Å²) in [5.74, 6) is -1.23. The first-order valence-corrected chi connectivity index (χ1v) is 9.00. The number of H-pyrrole nitrogens is 1. The van der Waals surface area contributed by atoms with Crippen molar-refractivity contribution in [2.24, 2.45) is 0 Å². The molecule has 2 aromatic carbocycles. The van der Waals surface area contributed by atoms with Crippen LogP contribution in [-0.2, 0) is 6.18 Å². The molecule has 0 atom stereocenters. The second kappa shape index (κ2) is 7.29. The molecule has 0 saturated heterocycles. The van der Waals surface area contributed by atoms with Gasteiger partial charge in [0.2, 0.25) is 0 Å². The van der Waals surface area contributed by atoms with E-state index in [1.165, 1.54) is 0 Å². The topological polar surface area (TPSA) is 92.5 Å². The van der Waals surface area contributed by atoms with Gasteiger partial charge in [0.1, 0.15) is 5.82 Å². The highest BCUT2D eigenvalue weighted by molar-refractivity contribution is 6.39. The molecular weight excluding hydrogens is 447 g/mol. The summed E-state index contributed by atoms with van der Waals surface area (Å²) in [5, 5.41) is 3.30. The SMILES string of the molecule is Nc1nc2c(Nc3ccc(C(F)(F)F)c(F)c3)nc(-c3c(Cl)cccc3Cl)nc2[nH]1. The molecule has 0 amide bonds. The first kappa shape index (κ1) is 20.2. The third-order valence-corrected chi connectivity index (χ3v) is 4.72. The van der Waals surface area contributed by atoms with E-state index in [1.54, 1.807) is 18.2 Å². The molecule has 4 N–H and O–H groups in total. The minimum Gasteiger partial charge on any atom is -0.369 e. The van der Waals surface area contributed by atoms with E-state index in [4.69, 9.17) is 28.9 Å². The number of benzene rings is 2. The Kier molecular flexibility index (Phi) is 4.91. The highest BCUT2D eigenvalue weighted by Crippen LogP contribution is 2.36. The highest BCUT2D eigenvalue weighted by Gasteiger charge is 2.34. The Morgan fingerprint density at radius 1 is 1.00 bits per heavy atom. The minimum absolute atomic E-state index is 0.0123. The standard InChI is InChI=1S/C18H10Cl2F4N6/c19-9-2-1-3-10(20)12(9)14-28-15(13-16(29-14)30-17(25)27-13)26-7-4-5-8(11(21)6-7)18(22,23)24/h1-6H,(H4,25,26,27,28,29,30). The van der Waals surface area contributed by atoms with Crippen LogP contribution >= 0.6 is 23.2 Å². The smallest absolute Gasteiger partial charge is 0.369 e. The molecule has 0 aliphatic rings. The maximum atomic E-state index is 13.9. The Morgan fingerprint density at radius 3 is 2.33 bits per heavy atom. The largest absolute Gasteiger partial charge is 0.419 e. The number of nitrogen functional groups attached to an aromatic ring is 1. The van der Waals surface area contributed by atoms with Gasteiger partial charge in [0.25, 0.3) is 0 Å². The van der Waals surface area contributed by atoms with E-state index in [9.17, 15) is 17.6 Å². The fourth-order valence-corrected chi connectivity index (χ4v) is 3.35. The molecule has 4 rings (SSSR count). The predicted molar refractivity (Wildman–Crippen MR) is 106 cm³/mol. The van der Waals surface area contributed by atoms with Crippen LogP contribution in [0.5, 0.6) is 0 Å². The molecule has 0 aliphatic heterocycles. The molecule has 0 radical (unpaired) electrons. The van der Waals surface area contributed by atoms with Gasteiger partial charge < -0.3 is 16.0 Å². The van der Waals surface area contributed by atoms with E-state index in [2.05, 4.69) is 25.3 Å². The average Bonchev–Trinajstić information content (AvgIpc) is 3.01. The summed E-state index contributed by atoms with van der Waals surface area (Å²) in [5.41, 5.74) is 5.08. The highest BCUT2D eigenvalue weighted by atomic mass is 35.5. The molecule has 12 heteroatoms. The molecule has 4 aromatic rings. The third-order valence-electron chi connectivity index (χ3n) is 4.09. The molecule has 0 fully saturated rings. The fourth-order valence-electron chi connectivity index (χ4n) is 2.79. The van der Waals surface area contributed by atoms with E-state index in [0.29, 0.717) is 17.7 Å². The van der Waals surface area contributed by atoms with Gasteiger partial charge in [-0.25, -0.2) is 19.3 Å². The van der Waals surface area contributed by atoms with E-state index in [0.717, 1.165) is 6.07 Å². The van der Waals surface area contributed by atoms with Crippen LogP contribution in [0.4, 0.5) is 35.0 Å². The number of alkyl halides is 3. The summed E-state index contributed by atoms with van der Waals surface area (Å²) >= 11 is 12.4. The summed E-state index contributed by atoms with van der Waals surface area (Å²) in [6.45, 7) is 0. The Bertz CT molecular complexity index is 1250. The van der Waals surface area contributed by atoms with Gasteiger partial charge in [-0.15, -0.1) is 0 Å². The minimum atomic E-state index is -4.81. The van der Waals surface area contributed by atoms with Crippen LogP contribution in [-0.4, -0.2) is 19.9 Å². The number of anilines is 3. The van der Waals surface area contributed by atoms with Crippen LogP contribution in [0.15, 0.2) is 36.4 Å². The predicted octanol–water partition coefficient (Wildman–Crippen LogP) is 5.81. The number of nitrogens with zero attached hydrogens (tertiary/aromatic N) is 3. The molecule has 2 heterocycles. The number of aromatic nitrogens is 4. The zero-order chi connectivity index (χ0) is 21.6. The maximum Gasteiger partial charge on any atom is 0.419 e. The van der Waals surface area contributed by atoms with E-state index in [-0.39, 0.29) is 44.5 Å². The molecular formula is C18H10Cl2F4N6. The fraction of sp³-hybridized carbons (Fsp3) is 0.0556. The number of rotatable bonds is 3. The van der Waals surface area contributed by atoms with Gasteiger partial charge in [-0.2, -0.15) is 13.2 Å². The van der Waals surface area contributed by atoms with Crippen molar-refractivity contribution in [3.05, 3.63) is 57.8 Å². The molecule has 0 aliphatic carbocycles. The Labute approximate surface area is 176 Å². The van der Waals surface area contributed by atoms with Crippen LogP contribution in [0.1, 0.15) is 5.56 Å². The van der Waals surface area contributed by atoms with Gasteiger partial charge in [0.05, 0.1) is 21.2 Å². The van der Waals surface area contributed by atoms with Gasteiger partial charge in [-0.05, 0) is 30.3 Å². The molecule has 0 unspecified atom stereocenters. The first-order valence-electron chi connectivity index (χ1n) is 8.25. The molecule has 2 aromatic heterocycles. The first-order chi connectivity index (χ1) is 14.1. The average molecular weight is 457 g/mol. The van der Waals surface area contributed by atoms with Gasteiger partial charge in [0.15, 0.2) is 28.8 Å². The molecule has 0 bridgehead atoms. The lowest BCUT2D eigenvalue weighted by Crippen LogP contribution is -2.08. The molecule has 0 saturated carbocycles. The number of aromatic amines is 1. The van der Waals surface area contributed by atoms with E-state index in [1.807, 2.05) is 0 Å². The lowest BCUT2D eigenvalue weighted by molar-refractivity contribution is -0.139. The summed E-state index contributed by atoms with van der Waals surface area (Å²) in [6.07, 6.45) is -4.81. The Balaban J connectivity index is 1.84. The van der Waals surface area contributed by atoms with Crippen LogP contribution in [0.3, 0.4) is 0 Å². The van der Waals surface area contributed by atoms with Gasteiger partial charge >= 0.3 is 6.18 Å². The van der Waals surface area contributed by atoms with Crippen LogP contribution in [0.25, 0.3) is 22.6 Å². The van der Waals surface area contributed by atoms with Crippen molar-refractivity contribution >= 4 is 51.8 Å². The van der Waals surface area contributed by atoms with Crippen molar-refractivity contribution in [1.29, 1.82) is 0 Å². The number of imidazole rings is 1. The van der Waals surface area contributed by atoms with Crippen molar-refractivity contribution < 1.29 is 17.6 Å². The number of nitrogens with one attached hydrogen (secondary N) is 2. The summed E-state index contributed by atoms with van der Waals surface area (Å²) in [4.78, 5) is 15.4. The maximum absolute atomic E-state index is 13.9. The normalized spacial score (nSPS) is 11.8. The van der Waals surface area contributed by atoms with E-state index >= 15 is 0 Å². The zero-order valence-electron chi connectivity index (χ0n) is 14.7. The monoisotopic (exact) mass is 456 g/mol. The van der Waals surface area contributed by atoms with Crippen molar-refractivity contribution in [3.8, 4) is 11.4 Å². The molecule has 0 spiro atoms. The van der Waals surface area contributed by atoms with Gasteiger partial charge in [-0.3, -0.25) is 0 Å². The Hall–Kier alpha value is -3.11. The number of nitrogens with two attached hydrogens (primary N) is 1. The summed E-state index contributed by atoms with van der Waals surface area (Å²) < 4.78 is 52.3. The van der Waals surface area contributed by atoms with Crippen LogP contribution < -0.4 is 11.1 Å². The lowest BCUT2D eigenvalue weighted by Gasteiger charge is -2.12. The van der Waals surface area contributed by atoms with Gasteiger partial charge in [-0.1, -0.05) is 29.3 Å². The van der Waals surface area contributed by atoms with Gasteiger partial charge in [0, 0.05) is 5.69 Å². The number of hydrogen-bond donors (Lipinski definition) is 3. The van der Waals surface area contributed by atoms with Crippen LogP contribution in [0.2, 0.25) is 10.0 Å². The molecule has 154 valence electrons. The molecule has 30 heavy (non-hydrogen) atoms. The van der Waals surface area contributed by atoms with Crippen molar-refractivity contribution in [3.63, 3.8) is 0 Å². The van der Waals surface area contributed by atoms with Crippen molar-refractivity contribution in [1.82, 2.24) is 19.9 Å². The molecule has 6 nitrogen and oxygen atoms in total. The number of hydrogen-bond acceptors (Lipinski definition) is 5. The van der Waals surface area contributed by atoms with Crippen molar-refractivity contribution in [2.75, 3.05) is 11.1 Å². The second-order valence-electron chi connectivity index (χ2n) is 6.13. The Morgan fingerprint density at radius 2 is 1.70 bits per heavy atom.